The summed E-state index contributed by atoms with van der Waals surface area (Å²) < 4.78 is 32.6. The van der Waals surface area contributed by atoms with Crippen LogP contribution in [0.3, 0.4) is 0 Å². The van der Waals surface area contributed by atoms with Crippen molar-refractivity contribution in [3.63, 3.8) is 0 Å². The first-order chi connectivity index (χ1) is 8.86. The Morgan fingerprint density at radius 2 is 2.11 bits per heavy atom. The molecule has 2 rings (SSSR count). The van der Waals surface area contributed by atoms with E-state index in [0.717, 1.165) is 19.4 Å². The fourth-order valence-corrected chi connectivity index (χ4v) is 3.26. The second kappa shape index (κ2) is 5.26. The second-order valence-corrected chi connectivity index (χ2v) is 7.28. The van der Waals surface area contributed by atoms with Crippen molar-refractivity contribution in [2.24, 2.45) is 5.41 Å². The molecule has 1 saturated carbocycles. The van der Waals surface area contributed by atoms with Crippen molar-refractivity contribution in [1.82, 2.24) is 10.0 Å². The minimum atomic E-state index is -3.46. The zero-order valence-corrected chi connectivity index (χ0v) is 12.6. The predicted octanol–water partition coefficient (Wildman–Crippen LogP) is 1.78. The lowest BCUT2D eigenvalue weighted by molar-refractivity contribution is 0.459. The predicted molar refractivity (Wildman–Crippen MR) is 73.4 cm³/mol. The molecule has 6 heteroatoms. The molecule has 0 aromatic carbocycles. The number of hydrogen-bond donors (Lipinski definition) is 2. The molecule has 1 aromatic heterocycles. The van der Waals surface area contributed by atoms with Crippen LogP contribution in [-0.4, -0.2) is 21.5 Å². The lowest BCUT2D eigenvalue weighted by Gasteiger charge is -2.09. The van der Waals surface area contributed by atoms with Gasteiger partial charge in [-0.25, -0.2) is 13.1 Å². The summed E-state index contributed by atoms with van der Waals surface area (Å²) in [5.41, 5.74) is 0.150. The van der Waals surface area contributed by atoms with Crippen molar-refractivity contribution >= 4 is 10.0 Å². The number of sulfonamides is 1. The van der Waals surface area contributed by atoms with Crippen LogP contribution in [0.2, 0.25) is 0 Å². The van der Waals surface area contributed by atoms with Crippen molar-refractivity contribution in [3.8, 4) is 0 Å². The molecular formula is C13H22N2O3S. The highest BCUT2D eigenvalue weighted by atomic mass is 32.2. The molecule has 1 aliphatic rings. The van der Waals surface area contributed by atoms with Crippen molar-refractivity contribution in [2.45, 2.75) is 45.1 Å². The smallest absolute Gasteiger partial charge is 0.244 e. The molecule has 2 N–H and O–H groups in total. The summed E-state index contributed by atoms with van der Waals surface area (Å²) in [6, 6.07) is 1.61. The topological polar surface area (TPSA) is 71.3 Å². The highest BCUT2D eigenvalue weighted by Crippen LogP contribution is 2.44. The maximum atomic E-state index is 12.2. The van der Waals surface area contributed by atoms with E-state index in [1.165, 1.54) is 0 Å². The number of hydrogen-bond acceptors (Lipinski definition) is 4. The van der Waals surface area contributed by atoms with E-state index in [2.05, 4.69) is 17.0 Å². The molecule has 0 saturated heterocycles. The Morgan fingerprint density at radius 1 is 1.42 bits per heavy atom. The van der Waals surface area contributed by atoms with Crippen LogP contribution in [0.5, 0.6) is 0 Å². The molecule has 0 unspecified atom stereocenters. The third-order valence-corrected chi connectivity index (χ3v) is 5.06. The summed E-state index contributed by atoms with van der Waals surface area (Å²) in [7, 11) is -3.46. The lowest BCUT2D eigenvalue weighted by Crippen LogP contribution is -2.29. The van der Waals surface area contributed by atoms with Gasteiger partial charge in [0.25, 0.3) is 0 Å². The normalized spacial score (nSPS) is 17.6. The molecule has 0 bridgehead atoms. The molecule has 0 aliphatic heterocycles. The third-order valence-electron chi connectivity index (χ3n) is 3.55. The van der Waals surface area contributed by atoms with Crippen LogP contribution < -0.4 is 10.0 Å². The highest BCUT2D eigenvalue weighted by molar-refractivity contribution is 7.89. The average Bonchev–Trinajstić information content (AvgIpc) is 2.96. The molecular weight excluding hydrogens is 264 g/mol. The first kappa shape index (κ1) is 14.6. The Kier molecular flexibility index (Phi) is 4.03. The summed E-state index contributed by atoms with van der Waals surface area (Å²) >= 11 is 0. The van der Waals surface area contributed by atoms with Gasteiger partial charge in [-0.05, 0) is 31.7 Å². The van der Waals surface area contributed by atoms with E-state index in [0.29, 0.717) is 24.6 Å². The minimum Gasteiger partial charge on any atom is -0.464 e. The van der Waals surface area contributed by atoms with Crippen molar-refractivity contribution < 1.29 is 12.8 Å². The van der Waals surface area contributed by atoms with Crippen LogP contribution in [-0.2, 0) is 16.6 Å². The average molecular weight is 286 g/mol. The van der Waals surface area contributed by atoms with Gasteiger partial charge in [-0.3, -0.25) is 0 Å². The fraction of sp³-hybridized carbons (Fsp3) is 0.692. The van der Waals surface area contributed by atoms with Gasteiger partial charge in [0.05, 0.1) is 6.54 Å². The van der Waals surface area contributed by atoms with Crippen LogP contribution in [0.15, 0.2) is 15.4 Å². The summed E-state index contributed by atoms with van der Waals surface area (Å²) in [6.07, 6.45) is 2.18. The van der Waals surface area contributed by atoms with Gasteiger partial charge >= 0.3 is 0 Å². The van der Waals surface area contributed by atoms with E-state index in [4.69, 9.17) is 4.42 Å². The summed E-state index contributed by atoms with van der Waals surface area (Å²) in [6.45, 7) is 7.63. The van der Waals surface area contributed by atoms with Crippen molar-refractivity contribution in [1.29, 1.82) is 0 Å². The molecule has 0 amide bonds. The fourth-order valence-electron chi connectivity index (χ4n) is 1.86. The molecule has 0 spiro atoms. The minimum absolute atomic E-state index is 0.150. The first-order valence-corrected chi connectivity index (χ1v) is 8.14. The van der Waals surface area contributed by atoms with Gasteiger partial charge in [0, 0.05) is 12.6 Å². The van der Waals surface area contributed by atoms with Gasteiger partial charge in [0.15, 0.2) is 0 Å². The Labute approximate surface area is 114 Å². The third kappa shape index (κ3) is 3.58. The van der Waals surface area contributed by atoms with E-state index < -0.39 is 10.0 Å². The summed E-state index contributed by atoms with van der Waals surface area (Å²) in [5.74, 6) is 1.10. The molecule has 19 heavy (non-hydrogen) atoms. The molecule has 0 radical (unpaired) electrons. The first-order valence-electron chi connectivity index (χ1n) is 6.66. The van der Waals surface area contributed by atoms with E-state index >= 15 is 0 Å². The highest BCUT2D eigenvalue weighted by Gasteiger charge is 2.38. The number of nitrogens with one attached hydrogen (secondary N) is 2. The van der Waals surface area contributed by atoms with Gasteiger partial charge in [0.2, 0.25) is 10.0 Å². The van der Waals surface area contributed by atoms with Crippen LogP contribution in [0.25, 0.3) is 0 Å². The zero-order chi connectivity index (χ0) is 14.1. The molecule has 108 valence electrons. The van der Waals surface area contributed by atoms with Gasteiger partial charge < -0.3 is 9.73 Å². The molecule has 5 nitrogen and oxygen atoms in total. The summed E-state index contributed by atoms with van der Waals surface area (Å²) in [4.78, 5) is 0.254. The van der Waals surface area contributed by atoms with Gasteiger partial charge in [-0.15, -0.1) is 0 Å². The maximum absolute atomic E-state index is 12.2. The largest absolute Gasteiger partial charge is 0.464 e. The lowest BCUT2D eigenvalue weighted by atomic mass is 10.2. The van der Waals surface area contributed by atoms with Crippen molar-refractivity contribution in [3.05, 3.63) is 17.6 Å². The van der Waals surface area contributed by atoms with Crippen molar-refractivity contribution in [2.75, 3.05) is 13.1 Å². The number of rotatable bonds is 7. The SMILES string of the molecule is CCNCc1cc(S(=O)(=O)NCC2(C)CC2)c(C)o1. The zero-order valence-electron chi connectivity index (χ0n) is 11.7. The number of aryl methyl sites for hydroxylation is 1. The van der Waals surface area contributed by atoms with E-state index in [-0.39, 0.29) is 10.3 Å². The molecule has 0 atom stereocenters. The van der Waals surface area contributed by atoms with Crippen LogP contribution in [0, 0.1) is 12.3 Å². The standard InChI is InChI=1S/C13H22N2O3S/c1-4-14-8-11-7-12(10(2)18-11)19(16,17)15-9-13(3)5-6-13/h7,14-15H,4-6,8-9H2,1-3H3. The quantitative estimate of drug-likeness (QED) is 0.801. The summed E-state index contributed by atoms with van der Waals surface area (Å²) in [5, 5.41) is 3.11. The van der Waals surface area contributed by atoms with Gasteiger partial charge in [0.1, 0.15) is 16.4 Å². The Hall–Kier alpha value is -0.850. The second-order valence-electron chi connectivity index (χ2n) is 5.55. The Balaban J connectivity index is 2.08. The van der Waals surface area contributed by atoms with Gasteiger partial charge in [-0.2, -0.15) is 0 Å². The Morgan fingerprint density at radius 3 is 2.68 bits per heavy atom. The van der Waals surface area contributed by atoms with Gasteiger partial charge in [-0.1, -0.05) is 13.8 Å². The van der Waals surface area contributed by atoms with E-state index in [9.17, 15) is 8.42 Å². The van der Waals surface area contributed by atoms with E-state index in [1.807, 2.05) is 6.92 Å². The Bertz CT molecular complexity index is 544. The van der Waals surface area contributed by atoms with Crippen LogP contribution in [0.1, 0.15) is 38.2 Å². The maximum Gasteiger partial charge on any atom is 0.244 e. The molecule has 1 aromatic rings. The van der Waals surface area contributed by atoms with Crippen LogP contribution in [0.4, 0.5) is 0 Å². The van der Waals surface area contributed by atoms with E-state index in [1.54, 1.807) is 13.0 Å². The molecule has 1 heterocycles. The molecule has 1 fully saturated rings. The van der Waals surface area contributed by atoms with Crippen LogP contribution >= 0.6 is 0 Å². The monoisotopic (exact) mass is 286 g/mol. The number of furan rings is 1. The molecule has 1 aliphatic carbocycles.